The molecule has 42 heavy (non-hydrogen) atoms. The van der Waals surface area contributed by atoms with Crippen molar-refractivity contribution in [3.05, 3.63) is 70.4 Å². The second-order valence-corrected chi connectivity index (χ2v) is 11.9. The van der Waals surface area contributed by atoms with Crippen molar-refractivity contribution in [2.75, 3.05) is 17.2 Å². The maximum atomic E-state index is 13.9. The zero-order valence-electron chi connectivity index (χ0n) is 23.9. The molecule has 1 aliphatic rings. The summed E-state index contributed by atoms with van der Waals surface area (Å²) in [6.45, 7) is 10.4. The average Bonchev–Trinajstić information content (AvgIpc) is 3.61. The molecule has 0 amide bonds. The van der Waals surface area contributed by atoms with E-state index < -0.39 is 17.8 Å². The number of nitriles is 2. The second kappa shape index (κ2) is 10.3. The zero-order chi connectivity index (χ0) is 30.4. The summed E-state index contributed by atoms with van der Waals surface area (Å²) >= 11 is 0. The molecule has 3 heterocycles. The van der Waals surface area contributed by atoms with Crippen LogP contribution >= 0.6 is 0 Å². The second-order valence-electron chi connectivity index (χ2n) is 11.9. The van der Waals surface area contributed by atoms with Gasteiger partial charge in [0.15, 0.2) is 5.54 Å². The zero-order valence-corrected chi connectivity index (χ0v) is 23.9. The van der Waals surface area contributed by atoms with Crippen LogP contribution in [0.1, 0.15) is 73.4 Å². The summed E-state index contributed by atoms with van der Waals surface area (Å²) in [5.74, 6) is 0. The van der Waals surface area contributed by atoms with Gasteiger partial charge in [-0.3, -0.25) is 9.97 Å². The van der Waals surface area contributed by atoms with Crippen LogP contribution in [-0.4, -0.2) is 37.7 Å². The molecule has 1 aliphatic carbocycles. The van der Waals surface area contributed by atoms with Crippen LogP contribution in [-0.2, 0) is 5.54 Å². The van der Waals surface area contributed by atoms with Crippen molar-refractivity contribution >= 4 is 22.3 Å². The molecule has 1 unspecified atom stereocenters. The molecule has 1 aromatic carbocycles. The number of fused-ring (bicyclic) bond motifs is 1. The lowest BCUT2D eigenvalue weighted by molar-refractivity contribution is -0.182. The van der Waals surface area contributed by atoms with E-state index in [2.05, 4.69) is 63.8 Å². The van der Waals surface area contributed by atoms with Crippen molar-refractivity contribution in [1.82, 2.24) is 25.0 Å². The summed E-state index contributed by atoms with van der Waals surface area (Å²) in [5.41, 5.74) is 2.34. The maximum Gasteiger partial charge on any atom is 0.413 e. The molecule has 2 N–H and O–H groups in total. The molecule has 0 aliphatic heterocycles. The molecule has 1 saturated carbocycles. The number of aryl methyl sites for hydroxylation is 2. The lowest BCUT2D eigenvalue weighted by Crippen LogP contribution is -2.35. The van der Waals surface area contributed by atoms with Gasteiger partial charge in [-0.1, -0.05) is 32.1 Å². The largest absolute Gasteiger partial charge is 0.413 e. The highest BCUT2D eigenvalue weighted by Crippen LogP contribution is 2.55. The number of anilines is 2. The smallest absolute Gasteiger partial charge is 0.383 e. The number of rotatable bonds is 7. The summed E-state index contributed by atoms with van der Waals surface area (Å²) in [6, 6.07) is 10.7. The number of aromatic nitrogens is 5. The minimum atomic E-state index is -4.45. The predicted octanol–water partition coefficient (Wildman–Crippen LogP) is 6.29. The Labute approximate surface area is 241 Å². The topological polar surface area (TPSA) is 128 Å². The molecule has 4 aromatic rings. The number of benzene rings is 1. The minimum Gasteiger partial charge on any atom is -0.383 e. The van der Waals surface area contributed by atoms with Gasteiger partial charge in [-0.15, -0.1) is 5.10 Å². The molecule has 1 atom stereocenters. The van der Waals surface area contributed by atoms with E-state index in [1.807, 2.05) is 26.0 Å². The molecule has 216 valence electrons. The monoisotopic (exact) mass is 573 g/mol. The third-order valence-electron chi connectivity index (χ3n) is 7.39. The molecule has 0 spiro atoms. The Morgan fingerprint density at radius 3 is 2.38 bits per heavy atom. The molecule has 9 nitrogen and oxygen atoms in total. The number of alkyl halides is 3. The van der Waals surface area contributed by atoms with Gasteiger partial charge in [-0.05, 0) is 50.3 Å². The standard InChI is InChI=1S/C30H30F3N9/c1-17-6-7-22(18(2)38-17)27(24-15-42(41-40-24)29(8-9-29)30(31,32)33)39-21-10-19(12-34)25-23(11-21)26(20(13-35)14-36-25)37-16-28(3,4)5/h6-7,10-11,14-15,27,39H,8-9,16H2,1-5H3,(H,36,37). The van der Waals surface area contributed by atoms with E-state index in [-0.39, 0.29) is 29.5 Å². The molecule has 0 bridgehead atoms. The van der Waals surface area contributed by atoms with Gasteiger partial charge in [-0.25, -0.2) is 4.68 Å². The summed E-state index contributed by atoms with van der Waals surface area (Å²) in [5, 5.41) is 35.2. The Hall–Kier alpha value is -4.71. The third kappa shape index (κ3) is 5.32. The van der Waals surface area contributed by atoms with Gasteiger partial charge >= 0.3 is 6.18 Å². The van der Waals surface area contributed by atoms with Crippen molar-refractivity contribution in [2.24, 2.45) is 5.41 Å². The first-order valence-corrected chi connectivity index (χ1v) is 13.5. The van der Waals surface area contributed by atoms with Crippen LogP contribution in [0.5, 0.6) is 0 Å². The predicted molar refractivity (Wildman–Crippen MR) is 152 cm³/mol. The van der Waals surface area contributed by atoms with E-state index in [1.54, 1.807) is 12.1 Å². The number of halogens is 3. The first kappa shape index (κ1) is 28.8. The van der Waals surface area contributed by atoms with Gasteiger partial charge in [0, 0.05) is 40.8 Å². The summed E-state index contributed by atoms with van der Waals surface area (Å²) in [6.07, 6.45) is -1.80. The van der Waals surface area contributed by atoms with Crippen LogP contribution in [0.2, 0.25) is 0 Å². The Morgan fingerprint density at radius 2 is 1.79 bits per heavy atom. The lowest BCUT2D eigenvalue weighted by atomic mass is 9.96. The summed E-state index contributed by atoms with van der Waals surface area (Å²) in [4.78, 5) is 8.95. The van der Waals surface area contributed by atoms with Gasteiger partial charge in [0.25, 0.3) is 0 Å². The first-order valence-electron chi connectivity index (χ1n) is 13.5. The van der Waals surface area contributed by atoms with Crippen molar-refractivity contribution in [3.8, 4) is 12.1 Å². The highest BCUT2D eigenvalue weighted by Gasteiger charge is 2.66. The van der Waals surface area contributed by atoms with Crippen molar-refractivity contribution in [2.45, 2.75) is 65.2 Å². The van der Waals surface area contributed by atoms with Crippen LogP contribution in [0.25, 0.3) is 10.9 Å². The minimum absolute atomic E-state index is 0.0583. The molecule has 0 saturated heterocycles. The molecular weight excluding hydrogens is 543 g/mol. The Balaban J connectivity index is 1.64. The van der Waals surface area contributed by atoms with Gasteiger partial charge in [-0.2, -0.15) is 23.7 Å². The van der Waals surface area contributed by atoms with Crippen molar-refractivity contribution < 1.29 is 13.2 Å². The maximum absolute atomic E-state index is 13.9. The Morgan fingerprint density at radius 1 is 1.07 bits per heavy atom. The van der Waals surface area contributed by atoms with E-state index in [0.717, 1.165) is 10.4 Å². The van der Waals surface area contributed by atoms with Crippen molar-refractivity contribution in [1.29, 1.82) is 10.5 Å². The Kier molecular flexibility index (Phi) is 7.05. The van der Waals surface area contributed by atoms with Gasteiger partial charge in [0.2, 0.25) is 0 Å². The molecule has 0 radical (unpaired) electrons. The van der Waals surface area contributed by atoms with Crippen LogP contribution in [0, 0.1) is 41.9 Å². The quantitative estimate of drug-likeness (QED) is 0.264. The van der Waals surface area contributed by atoms with E-state index in [1.165, 1.54) is 12.4 Å². The first-order chi connectivity index (χ1) is 19.8. The van der Waals surface area contributed by atoms with Crippen LogP contribution in [0.4, 0.5) is 24.5 Å². The van der Waals surface area contributed by atoms with Crippen LogP contribution in [0.3, 0.4) is 0 Å². The number of hydrogen-bond acceptors (Lipinski definition) is 8. The van der Waals surface area contributed by atoms with Gasteiger partial charge in [0.05, 0.1) is 34.6 Å². The average molecular weight is 574 g/mol. The molecule has 5 rings (SSSR count). The van der Waals surface area contributed by atoms with E-state index in [0.29, 0.717) is 45.6 Å². The van der Waals surface area contributed by atoms with E-state index in [9.17, 15) is 23.7 Å². The highest BCUT2D eigenvalue weighted by molar-refractivity contribution is 5.99. The molecule has 1 fully saturated rings. The SMILES string of the molecule is Cc1ccc(C(Nc2cc(C#N)c3ncc(C#N)c(NCC(C)(C)C)c3c2)c2cn(C3(C(F)(F)F)CC3)nn2)c(C)n1. The van der Waals surface area contributed by atoms with Gasteiger partial charge in [0.1, 0.15) is 17.8 Å². The normalized spacial score (nSPS) is 15.1. The fraction of sp³-hybridized carbons (Fsp3) is 0.400. The lowest BCUT2D eigenvalue weighted by Gasteiger charge is -2.23. The highest BCUT2D eigenvalue weighted by atomic mass is 19.4. The molecular formula is C30H30F3N9. The fourth-order valence-electron chi connectivity index (χ4n) is 4.96. The van der Waals surface area contributed by atoms with E-state index in [4.69, 9.17) is 0 Å². The van der Waals surface area contributed by atoms with Crippen molar-refractivity contribution in [3.63, 3.8) is 0 Å². The van der Waals surface area contributed by atoms with Gasteiger partial charge < -0.3 is 10.6 Å². The number of hydrogen-bond donors (Lipinski definition) is 2. The summed E-state index contributed by atoms with van der Waals surface area (Å²) in [7, 11) is 0. The number of pyridine rings is 2. The van der Waals surface area contributed by atoms with Crippen LogP contribution in [0.15, 0.2) is 36.7 Å². The molecule has 12 heteroatoms. The van der Waals surface area contributed by atoms with E-state index >= 15 is 0 Å². The molecule has 3 aromatic heterocycles. The fourth-order valence-corrected chi connectivity index (χ4v) is 4.96. The van der Waals surface area contributed by atoms with Crippen LogP contribution < -0.4 is 10.6 Å². The number of nitrogens with one attached hydrogen (secondary N) is 2. The summed E-state index contributed by atoms with van der Waals surface area (Å²) < 4.78 is 42.5. The third-order valence-corrected chi connectivity index (χ3v) is 7.39. The number of nitrogens with zero attached hydrogens (tertiary/aromatic N) is 7. The Bertz CT molecular complexity index is 1750.